The summed E-state index contributed by atoms with van der Waals surface area (Å²) in [5.41, 5.74) is 1.62. The minimum Gasteiger partial charge on any atom is -0.360 e. The van der Waals surface area contributed by atoms with Crippen molar-refractivity contribution in [1.82, 2.24) is 5.16 Å². The van der Waals surface area contributed by atoms with Crippen LogP contribution in [0.1, 0.15) is 41.7 Å². The molecule has 0 radical (unpaired) electrons. The van der Waals surface area contributed by atoms with Gasteiger partial charge < -0.3 is 4.52 Å². The van der Waals surface area contributed by atoms with E-state index < -0.39 is 19.3 Å². The van der Waals surface area contributed by atoms with Gasteiger partial charge in [-0.3, -0.25) is 13.8 Å². The summed E-state index contributed by atoms with van der Waals surface area (Å²) >= 11 is 1.54. The van der Waals surface area contributed by atoms with E-state index in [4.69, 9.17) is 4.52 Å². The second-order valence-corrected chi connectivity index (χ2v) is 5.90. The van der Waals surface area contributed by atoms with Crippen LogP contribution in [-0.4, -0.2) is 36.4 Å². The zero-order valence-electron chi connectivity index (χ0n) is 10.7. The fourth-order valence-corrected chi connectivity index (χ4v) is 3.16. The normalized spacial score (nSPS) is 22.5. The van der Waals surface area contributed by atoms with Crippen molar-refractivity contribution in [2.24, 2.45) is 10.9 Å². The minimum absolute atomic E-state index is 0.294. The summed E-state index contributed by atoms with van der Waals surface area (Å²) < 4.78 is 31.3. The molecule has 0 spiro atoms. The third-order valence-corrected chi connectivity index (χ3v) is 4.57. The molecule has 0 saturated heterocycles. The summed E-state index contributed by atoms with van der Waals surface area (Å²) in [6.07, 6.45) is 4.15. The molecule has 1 aromatic rings. The number of alkyl halides is 2. The van der Waals surface area contributed by atoms with Crippen molar-refractivity contribution >= 4 is 16.8 Å². The van der Waals surface area contributed by atoms with E-state index in [1.165, 1.54) is 0 Å². The third kappa shape index (κ3) is 2.20. The highest BCUT2D eigenvalue weighted by molar-refractivity contribution is 8.13. The standard InChI is InChI=1S/C13H16F2N2OS/c1-19-13-10-11(17-18-12(10)7-2-3-7)9(6-16-13)8(4-14)5-15/h7-9H,2-6H2,1H3. The maximum absolute atomic E-state index is 12.9. The number of nitrogens with zero attached hydrogens (tertiary/aromatic N) is 2. The largest absolute Gasteiger partial charge is 0.360 e. The maximum atomic E-state index is 12.9. The first-order chi connectivity index (χ1) is 9.30. The van der Waals surface area contributed by atoms with Crippen molar-refractivity contribution in [1.29, 1.82) is 0 Å². The van der Waals surface area contributed by atoms with E-state index in [0.717, 1.165) is 29.2 Å². The molecule has 0 amide bonds. The molecule has 1 aliphatic carbocycles. The van der Waals surface area contributed by atoms with Crippen molar-refractivity contribution in [3.63, 3.8) is 0 Å². The fraction of sp³-hybridized carbons (Fsp3) is 0.692. The van der Waals surface area contributed by atoms with Gasteiger partial charge in [-0.25, -0.2) is 0 Å². The van der Waals surface area contributed by atoms with Gasteiger partial charge in [0.05, 0.1) is 24.6 Å². The number of hydrogen-bond donors (Lipinski definition) is 0. The molecule has 1 aliphatic heterocycles. The Bertz CT molecular complexity index is 495. The lowest BCUT2D eigenvalue weighted by molar-refractivity contribution is 0.246. The van der Waals surface area contributed by atoms with Crippen LogP contribution in [0.5, 0.6) is 0 Å². The van der Waals surface area contributed by atoms with Crippen molar-refractivity contribution in [2.75, 3.05) is 26.1 Å². The number of fused-ring (bicyclic) bond motifs is 1. The van der Waals surface area contributed by atoms with Crippen molar-refractivity contribution < 1.29 is 13.3 Å². The van der Waals surface area contributed by atoms with Crippen LogP contribution >= 0.6 is 11.8 Å². The maximum Gasteiger partial charge on any atom is 0.150 e. The first-order valence-corrected chi connectivity index (χ1v) is 7.72. The highest BCUT2D eigenvalue weighted by Gasteiger charge is 2.39. The summed E-state index contributed by atoms with van der Waals surface area (Å²) in [6, 6.07) is 0. The number of rotatable bonds is 4. The van der Waals surface area contributed by atoms with Crippen LogP contribution in [-0.2, 0) is 0 Å². The zero-order valence-corrected chi connectivity index (χ0v) is 11.6. The molecule has 3 nitrogen and oxygen atoms in total. The molecule has 0 N–H and O–H groups in total. The van der Waals surface area contributed by atoms with E-state index >= 15 is 0 Å². The van der Waals surface area contributed by atoms with E-state index in [-0.39, 0.29) is 5.92 Å². The van der Waals surface area contributed by atoms with Gasteiger partial charge >= 0.3 is 0 Å². The van der Waals surface area contributed by atoms with E-state index in [1.54, 1.807) is 11.8 Å². The van der Waals surface area contributed by atoms with Gasteiger partial charge in [-0.15, -0.1) is 11.8 Å². The fourth-order valence-electron chi connectivity index (χ4n) is 2.55. The van der Waals surface area contributed by atoms with Crippen LogP contribution < -0.4 is 0 Å². The van der Waals surface area contributed by atoms with Gasteiger partial charge in [0, 0.05) is 24.3 Å². The molecule has 6 heteroatoms. The molecule has 1 atom stereocenters. The van der Waals surface area contributed by atoms with Crippen LogP contribution in [0.2, 0.25) is 0 Å². The van der Waals surface area contributed by atoms with Gasteiger partial charge in [-0.1, -0.05) is 5.16 Å². The zero-order chi connectivity index (χ0) is 13.4. The van der Waals surface area contributed by atoms with Gasteiger partial charge in [0.15, 0.2) is 0 Å². The monoisotopic (exact) mass is 286 g/mol. The van der Waals surface area contributed by atoms with Gasteiger partial charge in [0.25, 0.3) is 0 Å². The second-order valence-electron chi connectivity index (χ2n) is 5.11. The van der Waals surface area contributed by atoms with Crippen LogP contribution in [0.4, 0.5) is 8.78 Å². The number of thioether (sulfide) groups is 1. The highest BCUT2D eigenvalue weighted by atomic mass is 32.2. The first kappa shape index (κ1) is 13.1. The average Bonchev–Trinajstić information content (AvgIpc) is 3.19. The van der Waals surface area contributed by atoms with Crippen molar-refractivity contribution in [3.8, 4) is 0 Å². The Kier molecular flexibility index (Phi) is 3.60. The second kappa shape index (κ2) is 5.23. The lowest BCUT2D eigenvalue weighted by Crippen LogP contribution is -2.25. The molecular formula is C13H16F2N2OS. The summed E-state index contributed by atoms with van der Waals surface area (Å²) in [6.45, 7) is -0.967. The third-order valence-electron chi connectivity index (χ3n) is 3.85. The SMILES string of the molecule is CSC1=NCC(C(CF)CF)c2noc(C3CC3)c21. The van der Waals surface area contributed by atoms with E-state index in [9.17, 15) is 8.78 Å². The molecule has 3 rings (SSSR count). The molecule has 104 valence electrons. The Morgan fingerprint density at radius 3 is 2.68 bits per heavy atom. The average molecular weight is 286 g/mol. The predicted molar refractivity (Wildman–Crippen MR) is 71.6 cm³/mol. The number of hydrogen-bond acceptors (Lipinski definition) is 4. The van der Waals surface area contributed by atoms with E-state index in [0.29, 0.717) is 18.2 Å². The Hall–Kier alpha value is -0.910. The first-order valence-electron chi connectivity index (χ1n) is 6.50. The van der Waals surface area contributed by atoms with Gasteiger partial charge in [0.1, 0.15) is 10.8 Å². The summed E-state index contributed by atoms with van der Waals surface area (Å²) in [7, 11) is 0. The number of aliphatic imine (C=N–C) groups is 1. The van der Waals surface area contributed by atoms with Crippen LogP contribution in [0.25, 0.3) is 0 Å². The van der Waals surface area contributed by atoms with E-state index in [2.05, 4.69) is 10.1 Å². The van der Waals surface area contributed by atoms with Crippen LogP contribution in [0, 0.1) is 5.92 Å². The summed E-state index contributed by atoms with van der Waals surface area (Å²) in [4.78, 5) is 4.48. The molecule has 2 aliphatic rings. The Balaban J connectivity index is 2.01. The van der Waals surface area contributed by atoms with Crippen LogP contribution in [0.15, 0.2) is 9.52 Å². The lowest BCUT2D eigenvalue weighted by atomic mass is 9.87. The molecule has 1 fully saturated rings. The molecule has 0 aromatic carbocycles. The number of halogens is 2. The lowest BCUT2D eigenvalue weighted by Gasteiger charge is -2.24. The molecule has 0 bridgehead atoms. The van der Waals surface area contributed by atoms with Gasteiger partial charge in [-0.2, -0.15) is 0 Å². The summed E-state index contributed by atoms with van der Waals surface area (Å²) in [5, 5.41) is 5.01. The predicted octanol–water partition coefficient (Wildman–Crippen LogP) is 3.31. The Morgan fingerprint density at radius 2 is 2.11 bits per heavy atom. The smallest absolute Gasteiger partial charge is 0.150 e. The number of aromatic nitrogens is 1. The van der Waals surface area contributed by atoms with E-state index in [1.807, 2.05) is 6.26 Å². The molecule has 1 aromatic heterocycles. The molecule has 19 heavy (non-hydrogen) atoms. The minimum atomic E-state index is -0.684. The molecular weight excluding hydrogens is 270 g/mol. The van der Waals surface area contributed by atoms with Gasteiger partial charge in [-0.05, 0) is 19.1 Å². The van der Waals surface area contributed by atoms with Crippen molar-refractivity contribution in [3.05, 3.63) is 17.0 Å². The summed E-state index contributed by atoms with van der Waals surface area (Å²) in [5.74, 6) is 0.325. The highest BCUT2D eigenvalue weighted by Crippen LogP contribution is 2.46. The van der Waals surface area contributed by atoms with Crippen LogP contribution in [0.3, 0.4) is 0 Å². The Labute approximate surface area is 114 Å². The molecule has 2 heterocycles. The molecule has 1 unspecified atom stereocenters. The topological polar surface area (TPSA) is 38.4 Å². The van der Waals surface area contributed by atoms with Crippen molar-refractivity contribution in [2.45, 2.75) is 24.7 Å². The quantitative estimate of drug-likeness (QED) is 0.852. The Morgan fingerprint density at radius 1 is 1.37 bits per heavy atom. The molecule has 1 saturated carbocycles. The van der Waals surface area contributed by atoms with Gasteiger partial charge in [0.2, 0.25) is 0 Å².